The number of anilines is 1. The number of benzene rings is 1. The molecular weight excluding hydrogens is 499 g/mol. The molecule has 0 aliphatic carbocycles. The van der Waals surface area contributed by atoms with Crippen molar-refractivity contribution in [3.05, 3.63) is 57.2 Å². The van der Waals surface area contributed by atoms with Crippen molar-refractivity contribution in [3.8, 4) is 0 Å². The second kappa shape index (κ2) is 8.97. The molecular formula is C24H25ClF3N5OS. The lowest BCUT2D eigenvalue weighted by Crippen LogP contribution is -2.55. The third-order valence-electron chi connectivity index (χ3n) is 7.09. The molecule has 4 heterocycles. The van der Waals surface area contributed by atoms with E-state index in [2.05, 4.69) is 28.7 Å². The molecule has 186 valence electrons. The van der Waals surface area contributed by atoms with Crippen LogP contribution in [0, 0.1) is 0 Å². The van der Waals surface area contributed by atoms with Gasteiger partial charge in [-0.3, -0.25) is 14.5 Å². The van der Waals surface area contributed by atoms with Crippen LogP contribution in [0.3, 0.4) is 0 Å². The number of thioether (sulfide) groups is 1. The molecule has 1 saturated heterocycles. The molecule has 0 spiro atoms. The summed E-state index contributed by atoms with van der Waals surface area (Å²) in [5, 5.41) is -0.0631. The van der Waals surface area contributed by atoms with Gasteiger partial charge in [0, 0.05) is 61.2 Å². The minimum atomic E-state index is -4.64. The highest BCUT2D eigenvalue weighted by Crippen LogP contribution is 2.47. The van der Waals surface area contributed by atoms with E-state index >= 15 is 0 Å². The zero-order valence-electron chi connectivity index (χ0n) is 19.5. The topological polar surface area (TPSA) is 54.3 Å². The molecule has 0 unspecified atom stereocenters. The molecule has 0 N–H and O–H groups in total. The second-order valence-corrected chi connectivity index (χ2v) is 10.8. The standard InChI is InChI=1S/C24H25ClF3N5OS/c1-13-9-32(10-14(2)31(13)3)22-17-7-18(24(26,27)28)19(25)21-20(17)33(23(34)30-22)11-16(12-35-21)15-5-4-6-29-8-15/h4-8,13-14,16H,9-12H2,1-3H3/t13-,14+,16-/m1/s1. The Morgan fingerprint density at radius 3 is 2.51 bits per heavy atom. The van der Waals surface area contributed by atoms with Gasteiger partial charge in [-0.1, -0.05) is 17.7 Å². The largest absolute Gasteiger partial charge is 0.417 e. The molecule has 0 radical (unpaired) electrons. The third kappa shape index (κ3) is 4.29. The molecule has 1 fully saturated rings. The fraction of sp³-hybridized carbons (Fsp3) is 0.458. The Morgan fingerprint density at radius 2 is 1.89 bits per heavy atom. The molecule has 0 saturated carbocycles. The Labute approximate surface area is 210 Å². The van der Waals surface area contributed by atoms with Crippen molar-refractivity contribution in [1.82, 2.24) is 19.4 Å². The van der Waals surface area contributed by atoms with E-state index in [1.165, 1.54) is 16.3 Å². The lowest BCUT2D eigenvalue weighted by atomic mass is 10.0. The molecule has 0 bridgehead atoms. The molecule has 11 heteroatoms. The van der Waals surface area contributed by atoms with E-state index in [1.807, 2.05) is 24.1 Å². The summed E-state index contributed by atoms with van der Waals surface area (Å²) < 4.78 is 43.7. The maximum atomic E-state index is 14.1. The first-order valence-corrected chi connectivity index (χ1v) is 12.8. The van der Waals surface area contributed by atoms with Crippen LogP contribution in [0.25, 0.3) is 10.9 Å². The maximum absolute atomic E-state index is 14.1. The van der Waals surface area contributed by atoms with Crippen LogP contribution in [0.4, 0.5) is 19.0 Å². The number of alkyl halides is 3. The predicted octanol–water partition coefficient (Wildman–Crippen LogP) is 4.88. The smallest absolute Gasteiger partial charge is 0.353 e. The summed E-state index contributed by atoms with van der Waals surface area (Å²) in [6.07, 6.45) is -1.26. The summed E-state index contributed by atoms with van der Waals surface area (Å²) in [6.45, 7) is 5.50. The van der Waals surface area contributed by atoms with Gasteiger partial charge in [0.25, 0.3) is 0 Å². The van der Waals surface area contributed by atoms with Gasteiger partial charge in [-0.05, 0) is 38.6 Å². The number of pyridine rings is 1. The van der Waals surface area contributed by atoms with Crippen LogP contribution in [0.2, 0.25) is 5.02 Å². The zero-order valence-corrected chi connectivity index (χ0v) is 21.1. The molecule has 0 amide bonds. The van der Waals surface area contributed by atoms with Crippen molar-refractivity contribution < 1.29 is 13.2 Å². The van der Waals surface area contributed by atoms with Crippen molar-refractivity contribution in [2.45, 2.75) is 49.5 Å². The van der Waals surface area contributed by atoms with Gasteiger partial charge in [-0.15, -0.1) is 11.8 Å². The number of likely N-dealkylation sites (N-methyl/N-ethyl adjacent to an activating group) is 1. The molecule has 2 aromatic heterocycles. The summed E-state index contributed by atoms with van der Waals surface area (Å²) in [4.78, 5) is 26.4. The van der Waals surface area contributed by atoms with Crippen LogP contribution in [-0.2, 0) is 12.7 Å². The van der Waals surface area contributed by atoms with Crippen molar-refractivity contribution in [2.24, 2.45) is 0 Å². The Morgan fingerprint density at radius 1 is 1.17 bits per heavy atom. The molecule has 2 aliphatic heterocycles. The summed E-state index contributed by atoms with van der Waals surface area (Å²) in [7, 11) is 2.02. The van der Waals surface area contributed by atoms with Crippen LogP contribution < -0.4 is 10.6 Å². The Kier molecular flexibility index (Phi) is 6.26. The minimum absolute atomic E-state index is 0.135. The number of piperazine rings is 1. The van der Waals surface area contributed by atoms with Crippen LogP contribution >= 0.6 is 23.4 Å². The number of aromatic nitrogens is 3. The van der Waals surface area contributed by atoms with Crippen LogP contribution in [0.1, 0.15) is 30.9 Å². The maximum Gasteiger partial charge on any atom is 0.417 e. The highest BCUT2D eigenvalue weighted by molar-refractivity contribution is 7.99. The average Bonchev–Trinajstić information content (AvgIpc) is 3.02. The molecule has 5 rings (SSSR count). The minimum Gasteiger partial charge on any atom is -0.353 e. The summed E-state index contributed by atoms with van der Waals surface area (Å²) >= 11 is 7.64. The number of nitrogens with zero attached hydrogens (tertiary/aromatic N) is 5. The van der Waals surface area contributed by atoms with E-state index in [0.717, 1.165) is 11.6 Å². The van der Waals surface area contributed by atoms with Crippen LogP contribution in [0.15, 0.2) is 40.3 Å². The quantitative estimate of drug-likeness (QED) is 0.477. The van der Waals surface area contributed by atoms with Crippen LogP contribution in [0.5, 0.6) is 0 Å². The highest BCUT2D eigenvalue weighted by atomic mass is 35.5. The molecule has 3 atom stereocenters. The fourth-order valence-corrected chi connectivity index (χ4v) is 6.65. The fourth-order valence-electron chi connectivity index (χ4n) is 4.97. The first-order chi connectivity index (χ1) is 16.6. The molecule has 35 heavy (non-hydrogen) atoms. The normalized spacial score (nSPS) is 23.5. The summed E-state index contributed by atoms with van der Waals surface area (Å²) in [5.41, 5.74) is -0.0582. The third-order valence-corrected chi connectivity index (χ3v) is 8.85. The van der Waals surface area contributed by atoms with Gasteiger partial charge in [0.2, 0.25) is 0 Å². The van der Waals surface area contributed by atoms with E-state index in [1.54, 1.807) is 12.4 Å². The lowest BCUT2D eigenvalue weighted by Gasteiger charge is -2.43. The number of rotatable bonds is 2. The van der Waals surface area contributed by atoms with E-state index in [-0.39, 0.29) is 40.3 Å². The van der Waals surface area contributed by atoms with Gasteiger partial charge in [-0.25, -0.2) is 4.79 Å². The monoisotopic (exact) mass is 523 g/mol. The van der Waals surface area contributed by atoms with Gasteiger partial charge in [-0.2, -0.15) is 18.2 Å². The van der Waals surface area contributed by atoms with Crippen LogP contribution in [-0.4, -0.2) is 57.4 Å². The van der Waals surface area contributed by atoms with Crippen molar-refractivity contribution in [1.29, 1.82) is 0 Å². The van der Waals surface area contributed by atoms with Crippen molar-refractivity contribution >= 4 is 40.1 Å². The predicted molar refractivity (Wildman–Crippen MR) is 133 cm³/mol. The first kappa shape index (κ1) is 24.4. The number of hydrogen-bond acceptors (Lipinski definition) is 6. The lowest BCUT2D eigenvalue weighted by molar-refractivity contribution is -0.137. The van der Waals surface area contributed by atoms with E-state index in [4.69, 9.17) is 11.6 Å². The SMILES string of the molecule is C[C@@H]1CN(c2nc(=O)n3c4c(c(Cl)c(C(F)(F)F)cc24)SC[C@H](c2cccnc2)C3)C[C@H](C)N1C. The Bertz CT molecular complexity index is 1320. The van der Waals surface area contributed by atoms with Gasteiger partial charge >= 0.3 is 11.9 Å². The van der Waals surface area contributed by atoms with Gasteiger partial charge in [0.15, 0.2) is 0 Å². The Balaban J connectivity index is 1.75. The van der Waals surface area contributed by atoms with Gasteiger partial charge in [0.1, 0.15) is 5.82 Å². The van der Waals surface area contributed by atoms with Gasteiger partial charge < -0.3 is 4.90 Å². The summed E-state index contributed by atoms with van der Waals surface area (Å²) in [5.74, 6) is 0.613. The van der Waals surface area contributed by atoms with Crippen molar-refractivity contribution in [2.75, 3.05) is 30.8 Å². The first-order valence-electron chi connectivity index (χ1n) is 11.4. The van der Waals surface area contributed by atoms with Gasteiger partial charge in [0.05, 0.1) is 21.0 Å². The van der Waals surface area contributed by atoms with Crippen molar-refractivity contribution in [3.63, 3.8) is 0 Å². The Hall–Kier alpha value is -2.30. The molecule has 6 nitrogen and oxygen atoms in total. The molecule has 1 aromatic carbocycles. The average molecular weight is 524 g/mol. The van der Waals surface area contributed by atoms with E-state index < -0.39 is 17.4 Å². The van der Waals surface area contributed by atoms with E-state index in [9.17, 15) is 18.0 Å². The molecule has 3 aromatic rings. The summed E-state index contributed by atoms with van der Waals surface area (Å²) in [6, 6.07) is 5.08. The molecule has 2 aliphatic rings. The highest BCUT2D eigenvalue weighted by Gasteiger charge is 2.38. The zero-order chi connectivity index (χ0) is 25.1. The second-order valence-electron chi connectivity index (χ2n) is 9.35. The number of hydrogen-bond donors (Lipinski definition) is 0. The van der Waals surface area contributed by atoms with E-state index in [0.29, 0.717) is 29.7 Å². The number of halogens is 4.